The third-order valence-corrected chi connectivity index (χ3v) is 3.02. The third-order valence-electron chi connectivity index (χ3n) is 3.02. The van der Waals surface area contributed by atoms with Crippen LogP contribution >= 0.6 is 0 Å². The number of nitrogens with zero attached hydrogens (tertiary/aromatic N) is 1. The number of unbranched alkanes of at least 4 members (excludes halogenated alkanes) is 1. The Hall–Kier alpha value is -1.10. The molecule has 5 heteroatoms. The predicted molar refractivity (Wildman–Crippen MR) is 77.9 cm³/mol. The van der Waals surface area contributed by atoms with Gasteiger partial charge in [-0.15, -0.1) is 0 Å². The zero-order chi connectivity index (χ0) is 14.9. The van der Waals surface area contributed by atoms with Crippen molar-refractivity contribution in [2.24, 2.45) is 5.41 Å². The fraction of sp³-hybridized carbons (Fsp3) is 0.857. The van der Waals surface area contributed by atoms with Gasteiger partial charge in [0.1, 0.15) is 5.41 Å². The van der Waals surface area contributed by atoms with Gasteiger partial charge in [0.2, 0.25) is 11.8 Å². The summed E-state index contributed by atoms with van der Waals surface area (Å²) >= 11 is 0. The highest BCUT2D eigenvalue weighted by molar-refractivity contribution is 6.04. The topological polar surface area (TPSA) is 61.4 Å². The van der Waals surface area contributed by atoms with Gasteiger partial charge >= 0.3 is 0 Å². The van der Waals surface area contributed by atoms with Crippen LogP contribution in [0.2, 0.25) is 0 Å². The second-order valence-corrected chi connectivity index (χ2v) is 5.65. The third kappa shape index (κ3) is 7.15. The highest BCUT2D eigenvalue weighted by Crippen LogP contribution is 2.15. The van der Waals surface area contributed by atoms with Crippen LogP contribution in [0, 0.1) is 5.41 Å². The van der Waals surface area contributed by atoms with Crippen LogP contribution in [-0.4, -0.2) is 50.4 Å². The zero-order valence-electron chi connectivity index (χ0n) is 13.0. The van der Waals surface area contributed by atoms with E-state index in [0.29, 0.717) is 13.1 Å². The minimum atomic E-state index is -1.01. The number of hydrogen-bond donors (Lipinski definition) is 2. The summed E-state index contributed by atoms with van der Waals surface area (Å²) in [6.45, 7) is 7.54. The van der Waals surface area contributed by atoms with Gasteiger partial charge in [0, 0.05) is 13.1 Å². The lowest BCUT2D eigenvalue weighted by molar-refractivity contribution is -0.141. The average molecular weight is 271 g/mol. The lowest BCUT2D eigenvalue weighted by Crippen LogP contribution is -2.48. The Morgan fingerprint density at radius 2 is 1.47 bits per heavy atom. The highest BCUT2D eigenvalue weighted by Gasteiger charge is 2.35. The summed E-state index contributed by atoms with van der Waals surface area (Å²) in [4.78, 5) is 26.0. The minimum Gasteiger partial charge on any atom is -0.355 e. The first-order valence-electron chi connectivity index (χ1n) is 7.03. The van der Waals surface area contributed by atoms with Crippen LogP contribution < -0.4 is 10.6 Å². The van der Waals surface area contributed by atoms with Gasteiger partial charge in [-0.25, -0.2) is 0 Å². The van der Waals surface area contributed by atoms with Gasteiger partial charge < -0.3 is 15.5 Å². The Morgan fingerprint density at radius 1 is 1.00 bits per heavy atom. The summed E-state index contributed by atoms with van der Waals surface area (Å²) in [5, 5.41) is 5.63. The van der Waals surface area contributed by atoms with Crippen molar-refractivity contribution < 1.29 is 9.59 Å². The van der Waals surface area contributed by atoms with Crippen molar-refractivity contribution in [3.05, 3.63) is 0 Å². The van der Waals surface area contributed by atoms with Crippen molar-refractivity contribution in [2.75, 3.05) is 33.7 Å². The molecule has 0 aliphatic carbocycles. The molecule has 2 amide bonds. The Bertz CT molecular complexity index is 288. The van der Waals surface area contributed by atoms with E-state index in [4.69, 9.17) is 0 Å². The molecule has 0 saturated heterocycles. The summed E-state index contributed by atoms with van der Waals surface area (Å²) < 4.78 is 0. The maximum Gasteiger partial charge on any atom is 0.235 e. The number of carbonyl (C=O) groups excluding carboxylic acids is 2. The van der Waals surface area contributed by atoms with Crippen LogP contribution in [0.5, 0.6) is 0 Å². The largest absolute Gasteiger partial charge is 0.355 e. The Balaban J connectivity index is 4.08. The molecule has 0 heterocycles. The Morgan fingerprint density at radius 3 is 1.89 bits per heavy atom. The lowest BCUT2D eigenvalue weighted by atomic mass is 9.91. The molecular formula is C14H29N3O2. The van der Waals surface area contributed by atoms with Crippen molar-refractivity contribution in [1.29, 1.82) is 0 Å². The minimum absolute atomic E-state index is 0.203. The molecule has 0 spiro atoms. The van der Waals surface area contributed by atoms with Crippen molar-refractivity contribution in [3.8, 4) is 0 Å². The van der Waals surface area contributed by atoms with E-state index < -0.39 is 5.41 Å². The lowest BCUT2D eigenvalue weighted by Gasteiger charge is -2.23. The van der Waals surface area contributed by atoms with Gasteiger partial charge in [0.05, 0.1) is 0 Å². The van der Waals surface area contributed by atoms with E-state index in [0.717, 1.165) is 25.8 Å². The first-order valence-corrected chi connectivity index (χ1v) is 7.03. The number of carbonyl (C=O) groups is 2. The molecule has 0 bridgehead atoms. The van der Waals surface area contributed by atoms with Crippen LogP contribution in [-0.2, 0) is 9.59 Å². The first kappa shape index (κ1) is 17.9. The summed E-state index contributed by atoms with van der Waals surface area (Å²) in [7, 11) is 3.99. The summed E-state index contributed by atoms with van der Waals surface area (Å²) in [5.41, 5.74) is -1.01. The molecule has 0 aromatic carbocycles. The van der Waals surface area contributed by atoms with E-state index in [2.05, 4.69) is 22.5 Å². The molecule has 0 aromatic heterocycles. The molecule has 0 aliphatic heterocycles. The molecule has 0 unspecified atom stereocenters. The summed E-state index contributed by atoms with van der Waals surface area (Å²) in [5.74, 6) is -0.411. The van der Waals surface area contributed by atoms with Crippen LogP contribution in [0.4, 0.5) is 0 Å². The van der Waals surface area contributed by atoms with Gasteiger partial charge in [-0.05, 0) is 47.3 Å². The van der Waals surface area contributed by atoms with Crippen molar-refractivity contribution in [2.45, 2.75) is 40.0 Å². The van der Waals surface area contributed by atoms with Crippen molar-refractivity contribution in [3.63, 3.8) is 0 Å². The van der Waals surface area contributed by atoms with Crippen LogP contribution in [0.3, 0.4) is 0 Å². The smallest absolute Gasteiger partial charge is 0.235 e. The number of hydrogen-bond acceptors (Lipinski definition) is 3. The van der Waals surface area contributed by atoms with Crippen LogP contribution in [0.15, 0.2) is 0 Å². The Kier molecular flexibility index (Phi) is 8.39. The highest BCUT2D eigenvalue weighted by atomic mass is 16.2. The molecule has 112 valence electrons. The standard InChI is InChI=1S/C14H29N3O2/c1-6-7-9-15-12(18)14(2,3)13(19)16-10-8-11-17(4)5/h6-11H2,1-5H3,(H,15,18)(H,16,19). The molecule has 0 aliphatic rings. The van der Waals surface area contributed by atoms with Gasteiger partial charge in [0.15, 0.2) is 0 Å². The van der Waals surface area contributed by atoms with E-state index in [-0.39, 0.29) is 11.8 Å². The molecule has 5 nitrogen and oxygen atoms in total. The maximum atomic E-state index is 12.0. The van der Waals surface area contributed by atoms with E-state index in [1.165, 1.54) is 0 Å². The molecule has 0 atom stereocenters. The zero-order valence-corrected chi connectivity index (χ0v) is 13.0. The fourth-order valence-corrected chi connectivity index (χ4v) is 1.52. The molecule has 0 aromatic rings. The second kappa shape index (κ2) is 8.91. The van der Waals surface area contributed by atoms with Gasteiger partial charge in [-0.3, -0.25) is 9.59 Å². The van der Waals surface area contributed by atoms with Crippen LogP contribution in [0.25, 0.3) is 0 Å². The van der Waals surface area contributed by atoms with E-state index in [9.17, 15) is 9.59 Å². The number of nitrogens with one attached hydrogen (secondary N) is 2. The second-order valence-electron chi connectivity index (χ2n) is 5.65. The quantitative estimate of drug-likeness (QED) is 0.486. The average Bonchev–Trinajstić information content (AvgIpc) is 2.34. The van der Waals surface area contributed by atoms with Crippen molar-refractivity contribution >= 4 is 11.8 Å². The first-order chi connectivity index (χ1) is 8.82. The van der Waals surface area contributed by atoms with E-state index >= 15 is 0 Å². The molecule has 0 saturated carbocycles. The molecule has 19 heavy (non-hydrogen) atoms. The predicted octanol–water partition coefficient (Wildman–Crippen LogP) is 0.997. The Labute approximate surface area is 117 Å². The summed E-state index contributed by atoms with van der Waals surface area (Å²) in [6, 6.07) is 0. The maximum absolute atomic E-state index is 12.0. The molecular weight excluding hydrogens is 242 g/mol. The number of amides is 2. The fourth-order valence-electron chi connectivity index (χ4n) is 1.52. The number of rotatable bonds is 9. The normalized spacial score (nSPS) is 11.5. The van der Waals surface area contributed by atoms with E-state index in [1.807, 2.05) is 14.1 Å². The summed E-state index contributed by atoms with van der Waals surface area (Å²) in [6.07, 6.45) is 2.84. The van der Waals surface area contributed by atoms with Gasteiger partial charge in [-0.2, -0.15) is 0 Å². The van der Waals surface area contributed by atoms with Gasteiger partial charge in [-0.1, -0.05) is 13.3 Å². The SMILES string of the molecule is CCCCNC(=O)C(C)(C)C(=O)NCCCN(C)C. The molecule has 2 N–H and O–H groups in total. The molecule has 0 fully saturated rings. The molecule has 0 rings (SSSR count). The monoisotopic (exact) mass is 271 g/mol. The van der Waals surface area contributed by atoms with Gasteiger partial charge in [0.25, 0.3) is 0 Å². The molecule has 0 radical (unpaired) electrons. The van der Waals surface area contributed by atoms with Crippen molar-refractivity contribution in [1.82, 2.24) is 15.5 Å². The van der Waals surface area contributed by atoms with E-state index in [1.54, 1.807) is 13.8 Å². The van der Waals surface area contributed by atoms with Crippen LogP contribution in [0.1, 0.15) is 40.0 Å².